The van der Waals surface area contributed by atoms with Crippen molar-refractivity contribution < 1.29 is 14.3 Å². The van der Waals surface area contributed by atoms with E-state index in [9.17, 15) is 4.79 Å². The molecule has 1 aliphatic heterocycles. The smallest absolute Gasteiger partial charge is 0.338 e. The van der Waals surface area contributed by atoms with Crippen LogP contribution in [0, 0.1) is 23.7 Å². The van der Waals surface area contributed by atoms with E-state index in [4.69, 9.17) is 9.47 Å². The topological polar surface area (TPSA) is 38.8 Å². The number of hydrogen-bond donors (Lipinski definition) is 0. The van der Waals surface area contributed by atoms with Crippen LogP contribution in [0.3, 0.4) is 0 Å². The fourth-order valence-electron chi connectivity index (χ4n) is 5.22. The fourth-order valence-corrected chi connectivity index (χ4v) is 5.22. The molecule has 1 heterocycles. The Bertz CT molecular complexity index is 366. The summed E-state index contributed by atoms with van der Waals surface area (Å²) in [4.78, 5) is 11.8. The van der Waals surface area contributed by atoms with Crippen LogP contribution >= 0.6 is 0 Å². The van der Waals surface area contributed by atoms with Crippen LogP contribution in [0.25, 0.3) is 0 Å². The van der Waals surface area contributed by atoms with Crippen LogP contribution in [0.5, 0.6) is 0 Å². The van der Waals surface area contributed by atoms with Gasteiger partial charge in [-0.05, 0) is 56.3 Å². The minimum Gasteiger partial charge on any atom is -0.464 e. The molecular formula is C14H20O3. The first-order valence-electron chi connectivity index (χ1n) is 7.10. The van der Waals surface area contributed by atoms with E-state index in [-0.39, 0.29) is 17.7 Å². The molecule has 0 radical (unpaired) electrons. The molecule has 94 valence electrons. The first kappa shape index (κ1) is 10.4. The molecule has 3 heteroatoms. The second kappa shape index (κ2) is 3.25. The summed E-state index contributed by atoms with van der Waals surface area (Å²) in [5.41, 5.74) is -0.0809. The molecule has 0 aromatic heterocycles. The lowest BCUT2D eigenvalue weighted by Crippen LogP contribution is -2.35. The number of rotatable bonds is 2. The van der Waals surface area contributed by atoms with Gasteiger partial charge >= 0.3 is 5.97 Å². The van der Waals surface area contributed by atoms with Crippen LogP contribution in [-0.4, -0.2) is 24.3 Å². The normalized spacial score (nSPS) is 54.1. The third-order valence-electron chi connectivity index (χ3n) is 5.74. The zero-order valence-corrected chi connectivity index (χ0v) is 10.4. The van der Waals surface area contributed by atoms with Gasteiger partial charge in [0.05, 0.1) is 6.61 Å². The van der Waals surface area contributed by atoms with E-state index in [1.807, 2.05) is 6.92 Å². The van der Waals surface area contributed by atoms with Gasteiger partial charge in [0.1, 0.15) is 5.60 Å². The predicted octanol–water partition coefficient (Wildman–Crippen LogP) is 2.14. The van der Waals surface area contributed by atoms with Gasteiger partial charge in [-0.25, -0.2) is 4.79 Å². The summed E-state index contributed by atoms with van der Waals surface area (Å²) >= 11 is 0. The Hall–Kier alpha value is -0.570. The van der Waals surface area contributed by atoms with Gasteiger partial charge in [-0.2, -0.15) is 0 Å². The molecule has 3 saturated carbocycles. The third kappa shape index (κ3) is 1.19. The van der Waals surface area contributed by atoms with Gasteiger partial charge in [-0.15, -0.1) is 0 Å². The van der Waals surface area contributed by atoms with Gasteiger partial charge in [-0.3, -0.25) is 0 Å². The number of fused-ring (bicyclic) bond motifs is 6. The Morgan fingerprint density at radius 3 is 3.06 bits per heavy atom. The van der Waals surface area contributed by atoms with Crippen molar-refractivity contribution in [1.82, 2.24) is 0 Å². The highest BCUT2D eigenvalue weighted by Gasteiger charge is 2.74. The summed E-state index contributed by atoms with van der Waals surface area (Å²) in [5, 5.41) is 0. The van der Waals surface area contributed by atoms with E-state index in [2.05, 4.69) is 0 Å². The molecule has 0 unspecified atom stereocenters. The van der Waals surface area contributed by atoms with Crippen molar-refractivity contribution in [1.29, 1.82) is 0 Å². The Morgan fingerprint density at radius 2 is 2.24 bits per heavy atom. The fraction of sp³-hybridized carbons (Fsp3) is 0.929. The maximum absolute atomic E-state index is 11.8. The van der Waals surface area contributed by atoms with Gasteiger partial charge in [0.15, 0.2) is 6.10 Å². The average Bonchev–Trinajstić information content (AvgIpc) is 2.69. The zero-order chi connectivity index (χ0) is 11.6. The number of ether oxygens (including phenoxy) is 2. The predicted molar refractivity (Wildman–Crippen MR) is 61.3 cm³/mol. The largest absolute Gasteiger partial charge is 0.464 e. The van der Waals surface area contributed by atoms with E-state index < -0.39 is 0 Å². The van der Waals surface area contributed by atoms with Crippen LogP contribution in [0.15, 0.2) is 0 Å². The van der Waals surface area contributed by atoms with Crippen molar-refractivity contribution in [2.45, 2.75) is 50.7 Å². The number of epoxide rings is 1. The first-order chi connectivity index (χ1) is 8.26. The second-order valence-corrected chi connectivity index (χ2v) is 6.27. The Balaban J connectivity index is 1.54. The van der Waals surface area contributed by atoms with Crippen LogP contribution < -0.4 is 0 Å². The maximum Gasteiger partial charge on any atom is 0.338 e. The summed E-state index contributed by atoms with van der Waals surface area (Å²) < 4.78 is 11.0. The van der Waals surface area contributed by atoms with Crippen LogP contribution in [0.4, 0.5) is 0 Å². The van der Waals surface area contributed by atoms with E-state index in [1.165, 1.54) is 25.7 Å². The van der Waals surface area contributed by atoms with Crippen molar-refractivity contribution >= 4 is 5.97 Å². The number of carbonyl (C=O) groups is 1. The monoisotopic (exact) mass is 236 g/mol. The van der Waals surface area contributed by atoms with Crippen LogP contribution in [-0.2, 0) is 14.3 Å². The molecule has 3 nitrogen and oxygen atoms in total. The Kier molecular flexibility index (Phi) is 1.98. The Morgan fingerprint density at radius 1 is 1.41 bits per heavy atom. The minimum atomic E-state index is -0.223. The maximum atomic E-state index is 11.8. The molecule has 0 N–H and O–H groups in total. The molecule has 3 aliphatic carbocycles. The van der Waals surface area contributed by atoms with E-state index in [0.717, 1.165) is 24.2 Å². The molecule has 0 amide bonds. The quantitative estimate of drug-likeness (QED) is 0.544. The van der Waals surface area contributed by atoms with Crippen molar-refractivity contribution in [3.05, 3.63) is 0 Å². The molecule has 4 fully saturated rings. The molecule has 4 rings (SSSR count). The highest BCUT2D eigenvalue weighted by molar-refractivity contribution is 5.79. The number of hydrogen-bond acceptors (Lipinski definition) is 3. The summed E-state index contributed by atoms with van der Waals surface area (Å²) in [7, 11) is 0. The minimum absolute atomic E-state index is 0.0809. The molecule has 2 bridgehead atoms. The summed E-state index contributed by atoms with van der Waals surface area (Å²) in [5.74, 6) is 3.20. The van der Waals surface area contributed by atoms with E-state index in [1.54, 1.807) is 0 Å². The molecule has 0 aromatic rings. The Labute approximate surface area is 102 Å². The molecule has 4 aliphatic rings. The molecule has 0 aromatic carbocycles. The first-order valence-corrected chi connectivity index (χ1v) is 7.10. The van der Waals surface area contributed by atoms with Crippen molar-refractivity contribution in [2.75, 3.05) is 6.61 Å². The third-order valence-corrected chi connectivity index (χ3v) is 5.74. The molecule has 6 atom stereocenters. The lowest BCUT2D eigenvalue weighted by Gasteiger charge is -2.29. The molecule has 17 heavy (non-hydrogen) atoms. The van der Waals surface area contributed by atoms with Crippen LogP contribution in [0.1, 0.15) is 39.0 Å². The average molecular weight is 236 g/mol. The van der Waals surface area contributed by atoms with Gasteiger partial charge in [0.25, 0.3) is 0 Å². The lowest BCUT2D eigenvalue weighted by molar-refractivity contribution is -0.144. The summed E-state index contributed by atoms with van der Waals surface area (Å²) in [6.07, 6.45) is 6.40. The van der Waals surface area contributed by atoms with Gasteiger partial charge in [0.2, 0.25) is 0 Å². The van der Waals surface area contributed by atoms with Gasteiger partial charge < -0.3 is 9.47 Å². The molecular weight excluding hydrogens is 216 g/mol. The van der Waals surface area contributed by atoms with Crippen molar-refractivity contribution in [3.8, 4) is 0 Å². The second-order valence-electron chi connectivity index (χ2n) is 6.27. The van der Waals surface area contributed by atoms with Gasteiger partial charge in [0, 0.05) is 0 Å². The highest BCUT2D eigenvalue weighted by Crippen LogP contribution is 2.69. The van der Waals surface area contributed by atoms with Crippen LogP contribution in [0.2, 0.25) is 0 Å². The summed E-state index contributed by atoms with van der Waals surface area (Å²) in [6.45, 7) is 2.33. The molecule has 1 spiro atoms. The van der Waals surface area contributed by atoms with Gasteiger partial charge in [-0.1, -0.05) is 6.42 Å². The standard InChI is InChI=1S/C14H20O3/c1-2-16-13(15)12-14(17-12)7-8-6-11(14)10-5-3-4-9(8)10/h8-12H,2-7H2,1H3/t8-,9+,10-,11+,12-,14-/m0/s1. The number of carbonyl (C=O) groups excluding carboxylic acids is 1. The van der Waals surface area contributed by atoms with E-state index in [0.29, 0.717) is 12.5 Å². The molecule has 1 saturated heterocycles. The van der Waals surface area contributed by atoms with Crippen molar-refractivity contribution in [2.24, 2.45) is 23.7 Å². The SMILES string of the molecule is CCOC(=O)[C@@H]1O[C@]12C[C@@H]1C[C@@H]2[C@H]2CCC[C@H]12. The zero-order valence-electron chi connectivity index (χ0n) is 10.4. The van der Waals surface area contributed by atoms with E-state index >= 15 is 0 Å². The highest BCUT2D eigenvalue weighted by atomic mass is 16.7. The number of esters is 1. The summed E-state index contributed by atoms with van der Waals surface area (Å²) in [6, 6.07) is 0. The van der Waals surface area contributed by atoms with Crippen molar-refractivity contribution in [3.63, 3.8) is 0 Å². The lowest BCUT2D eigenvalue weighted by atomic mass is 9.74.